The first-order chi connectivity index (χ1) is 10.2. The van der Waals surface area contributed by atoms with Crippen LogP contribution in [0.25, 0.3) is 0 Å². The van der Waals surface area contributed by atoms with E-state index >= 15 is 0 Å². The molecule has 0 radical (unpaired) electrons. The van der Waals surface area contributed by atoms with E-state index in [2.05, 4.69) is 4.90 Å². The van der Waals surface area contributed by atoms with Gasteiger partial charge in [0.05, 0.1) is 14.2 Å². The number of ether oxygens (including phenoxy) is 2. The lowest BCUT2D eigenvalue weighted by atomic mass is 10.1. The number of allylic oxidation sites excluding steroid dienone is 1. The zero-order valence-electron chi connectivity index (χ0n) is 12.2. The summed E-state index contributed by atoms with van der Waals surface area (Å²) in [5.74, 6) is 1.42. The summed E-state index contributed by atoms with van der Waals surface area (Å²) < 4.78 is 10.5. The van der Waals surface area contributed by atoms with Gasteiger partial charge < -0.3 is 9.47 Å². The fourth-order valence-corrected chi connectivity index (χ4v) is 2.48. The maximum absolute atomic E-state index is 8.91. The maximum Gasteiger partial charge on any atom is 0.161 e. The summed E-state index contributed by atoms with van der Waals surface area (Å²) in [7, 11) is 3.23. The highest BCUT2D eigenvalue weighted by atomic mass is 16.5. The van der Waals surface area contributed by atoms with Gasteiger partial charge in [-0.2, -0.15) is 10.5 Å². The molecule has 1 heterocycles. The molecule has 1 aliphatic heterocycles. The van der Waals surface area contributed by atoms with Gasteiger partial charge in [0.25, 0.3) is 0 Å². The Hall–Kier alpha value is -2.50. The number of hydrogen-bond donors (Lipinski definition) is 0. The van der Waals surface area contributed by atoms with Crippen LogP contribution in [0.1, 0.15) is 12.0 Å². The molecule has 5 heteroatoms. The Balaban J connectivity index is 2.09. The Morgan fingerprint density at radius 2 is 1.90 bits per heavy atom. The minimum absolute atomic E-state index is 0.254. The van der Waals surface area contributed by atoms with Crippen LogP contribution in [-0.2, 0) is 6.54 Å². The van der Waals surface area contributed by atoms with Gasteiger partial charge in [-0.15, -0.1) is 0 Å². The third-order valence-electron chi connectivity index (χ3n) is 3.58. The molecule has 108 valence electrons. The van der Waals surface area contributed by atoms with Crippen molar-refractivity contribution in [2.24, 2.45) is 0 Å². The quantitative estimate of drug-likeness (QED) is 0.793. The molecule has 1 fully saturated rings. The summed E-state index contributed by atoms with van der Waals surface area (Å²) >= 11 is 0. The van der Waals surface area contributed by atoms with Crippen molar-refractivity contribution in [2.45, 2.75) is 13.0 Å². The van der Waals surface area contributed by atoms with E-state index in [9.17, 15) is 0 Å². The number of methoxy groups -OCH3 is 2. The molecule has 0 amide bonds. The van der Waals surface area contributed by atoms with Crippen LogP contribution in [0.3, 0.4) is 0 Å². The fourth-order valence-electron chi connectivity index (χ4n) is 2.48. The van der Waals surface area contributed by atoms with Crippen LogP contribution in [0.5, 0.6) is 11.5 Å². The molecule has 5 nitrogen and oxygen atoms in total. The summed E-state index contributed by atoms with van der Waals surface area (Å²) in [6.45, 7) is 2.29. The number of hydrogen-bond acceptors (Lipinski definition) is 5. The Labute approximate surface area is 124 Å². The van der Waals surface area contributed by atoms with Crippen LogP contribution in [0.4, 0.5) is 0 Å². The monoisotopic (exact) mass is 283 g/mol. The number of rotatable bonds is 4. The van der Waals surface area contributed by atoms with Crippen molar-refractivity contribution in [1.29, 1.82) is 10.5 Å². The normalized spacial score (nSPS) is 14.4. The average molecular weight is 283 g/mol. The summed E-state index contributed by atoms with van der Waals surface area (Å²) in [6.07, 6.45) is 0.781. The van der Waals surface area contributed by atoms with Gasteiger partial charge in [-0.1, -0.05) is 6.07 Å². The van der Waals surface area contributed by atoms with Crippen molar-refractivity contribution in [3.63, 3.8) is 0 Å². The second-order valence-electron chi connectivity index (χ2n) is 4.85. The van der Waals surface area contributed by atoms with E-state index in [1.165, 1.54) is 0 Å². The van der Waals surface area contributed by atoms with Crippen molar-refractivity contribution in [2.75, 3.05) is 27.3 Å². The number of benzene rings is 1. The van der Waals surface area contributed by atoms with Crippen LogP contribution in [0.2, 0.25) is 0 Å². The predicted octanol–water partition coefficient (Wildman–Crippen LogP) is 2.25. The smallest absolute Gasteiger partial charge is 0.161 e. The second-order valence-corrected chi connectivity index (χ2v) is 4.85. The van der Waals surface area contributed by atoms with Crippen molar-refractivity contribution in [3.8, 4) is 23.6 Å². The Morgan fingerprint density at radius 1 is 1.19 bits per heavy atom. The molecule has 0 N–H and O–H groups in total. The van der Waals surface area contributed by atoms with Crippen molar-refractivity contribution < 1.29 is 9.47 Å². The molecule has 1 aromatic carbocycles. The zero-order chi connectivity index (χ0) is 15.2. The molecule has 0 saturated carbocycles. The summed E-state index contributed by atoms with van der Waals surface area (Å²) in [5.41, 5.74) is 2.30. The fraction of sp³-hybridized carbons (Fsp3) is 0.375. The lowest BCUT2D eigenvalue weighted by molar-refractivity contribution is 0.332. The van der Waals surface area contributed by atoms with Crippen molar-refractivity contribution >= 4 is 0 Å². The van der Waals surface area contributed by atoms with Gasteiger partial charge in [-0.05, 0) is 29.7 Å². The maximum atomic E-state index is 8.91. The summed E-state index contributed by atoms with van der Waals surface area (Å²) in [4.78, 5) is 2.21. The number of nitrogens with zero attached hydrogens (tertiary/aromatic N) is 3. The molecule has 1 aromatic rings. The Morgan fingerprint density at radius 3 is 2.52 bits per heavy atom. The van der Waals surface area contributed by atoms with Gasteiger partial charge in [0.2, 0.25) is 0 Å². The molecule has 1 saturated heterocycles. The number of likely N-dealkylation sites (tertiary alicyclic amines) is 1. The standard InChI is InChI=1S/C16H17N3O2/c1-20-15-4-3-12(7-16(15)21-2)10-19-6-5-13(11-19)14(8-17)9-18/h3-4,7H,5-6,10-11H2,1-2H3. The minimum Gasteiger partial charge on any atom is -0.493 e. The van der Waals surface area contributed by atoms with Crippen LogP contribution in [0, 0.1) is 22.7 Å². The average Bonchev–Trinajstić information content (AvgIpc) is 2.96. The van der Waals surface area contributed by atoms with Crippen molar-refractivity contribution in [3.05, 3.63) is 34.9 Å². The first-order valence-electron chi connectivity index (χ1n) is 6.67. The van der Waals surface area contributed by atoms with Gasteiger partial charge in [0, 0.05) is 19.6 Å². The molecule has 0 bridgehead atoms. The van der Waals surface area contributed by atoms with Crippen LogP contribution >= 0.6 is 0 Å². The molecular formula is C16H17N3O2. The Kier molecular flexibility index (Phi) is 4.81. The molecule has 0 aromatic heterocycles. The van der Waals surface area contributed by atoms with Crippen LogP contribution in [-0.4, -0.2) is 32.2 Å². The van der Waals surface area contributed by atoms with Gasteiger partial charge >= 0.3 is 0 Å². The van der Waals surface area contributed by atoms with Crippen LogP contribution in [0.15, 0.2) is 29.3 Å². The molecule has 0 spiro atoms. The summed E-state index contributed by atoms with van der Waals surface area (Å²) in [6, 6.07) is 9.77. The molecule has 0 unspecified atom stereocenters. The Bertz CT molecular complexity index is 622. The third-order valence-corrected chi connectivity index (χ3v) is 3.58. The van der Waals surface area contributed by atoms with Crippen molar-refractivity contribution in [1.82, 2.24) is 4.90 Å². The molecule has 0 atom stereocenters. The molecule has 1 aliphatic rings. The largest absolute Gasteiger partial charge is 0.493 e. The van der Waals surface area contributed by atoms with E-state index in [0.717, 1.165) is 30.6 Å². The van der Waals surface area contributed by atoms with Gasteiger partial charge in [0.1, 0.15) is 17.7 Å². The van der Waals surface area contributed by atoms with Crippen LogP contribution < -0.4 is 9.47 Å². The van der Waals surface area contributed by atoms with E-state index < -0.39 is 0 Å². The highest BCUT2D eigenvalue weighted by Gasteiger charge is 2.20. The topological polar surface area (TPSA) is 69.3 Å². The first kappa shape index (κ1) is 14.9. The number of nitriles is 2. The van der Waals surface area contributed by atoms with Gasteiger partial charge in [0.15, 0.2) is 11.5 Å². The van der Waals surface area contributed by atoms with E-state index in [4.69, 9.17) is 20.0 Å². The lowest BCUT2D eigenvalue weighted by Crippen LogP contribution is -2.18. The second kappa shape index (κ2) is 6.78. The van der Waals surface area contributed by atoms with E-state index in [1.807, 2.05) is 30.3 Å². The molecule has 21 heavy (non-hydrogen) atoms. The predicted molar refractivity (Wildman–Crippen MR) is 77.7 cm³/mol. The molecule has 0 aliphatic carbocycles. The van der Waals surface area contributed by atoms with E-state index in [0.29, 0.717) is 18.0 Å². The van der Waals surface area contributed by atoms with E-state index in [1.54, 1.807) is 14.2 Å². The highest BCUT2D eigenvalue weighted by molar-refractivity contribution is 5.44. The lowest BCUT2D eigenvalue weighted by Gasteiger charge is -2.16. The van der Waals surface area contributed by atoms with E-state index in [-0.39, 0.29) is 5.57 Å². The molecule has 2 rings (SSSR count). The third kappa shape index (κ3) is 3.34. The van der Waals surface area contributed by atoms with Gasteiger partial charge in [-0.3, -0.25) is 4.90 Å². The SMILES string of the molecule is COc1ccc(CN2CCC(=C(C#N)C#N)C2)cc1OC. The highest BCUT2D eigenvalue weighted by Crippen LogP contribution is 2.29. The first-order valence-corrected chi connectivity index (χ1v) is 6.67. The molecular weight excluding hydrogens is 266 g/mol. The minimum atomic E-state index is 0.254. The summed E-state index contributed by atoms with van der Waals surface area (Å²) in [5, 5.41) is 17.8. The van der Waals surface area contributed by atoms with Gasteiger partial charge in [-0.25, -0.2) is 0 Å². The zero-order valence-corrected chi connectivity index (χ0v) is 12.2.